The topological polar surface area (TPSA) is 111 Å². The predicted octanol–water partition coefficient (Wildman–Crippen LogP) is 1.67. The van der Waals surface area contributed by atoms with Gasteiger partial charge in [-0.3, -0.25) is 14.5 Å². The van der Waals surface area contributed by atoms with Gasteiger partial charge in [-0.15, -0.1) is 0 Å². The first kappa shape index (κ1) is 14.8. The summed E-state index contributed by atoms with van der Waals surface area (Å²) in [5.74, 6) is -1.93. The number of rotatable bonds is 4. The van der Waals surface area contributed by atoms with E-state index in [1.54, 1.807) is 18.2 Å². The Bertz CT molecular complexity index is 803. The zero-order valence-electron chi connectivity index (χ0n) is 12.1. The first-order valence-electron chi connectivity index (χ1n) is 7.00. The first-order chi connectivity index (χ1) is 11.0. The fourth-order valence-corrected chi connectivity index (χ4v) is 2.59. The summed E-state index contributed by atoms with van der Waals surface area (Å²) in [4.78, 5) is 28.1. The molecule has 1 amide bonds. The van der Waals surface area contributed by atoms with Crippen LogP contribution < -0.4 is 4.90 Å². The minimum atomic E-state index is -0.890. The maximum atomic E-state index is 12.5. The lowest BCUT2D eigenvalue weighted by Gasteiger charge is -2.16. The third-order valence-electron chi connectivity index (χ3n) is 3.74. The molecule has 7 nitrogen and oxygen atoms in total. The number of aromatic nitrogens is 1. The summed E-state index contributed by atoms with van der Waals surface area (Å²) < 4.78 is 0. The van der Waals surface area contributed by atoms with E-state index in [0.717, 1.165) is 11.1 Å². The number of pyridine rings is 1. The van der Waals surface area contributed by atoms with Crippen LogP contribution in [0.1, 0.15) is 27.9 Å². The summed E-state index contributed by atoms with van der Waals surface area (Å²) >= 11 is 0. The van der Waals surface area contributed by atoms with E-state index in [1.165, 1.54) is 17.0 Å². The van der Waals surface area contributed by atoms with Crippen LogP contribution >= 0.6 is 0 Å². The highest BCUT2D eigenvalue weighted by Crippen LogP contribution is 2.34. The van der Waals surface area contributed by atoms with Crippen molar-refractivity contribution in [2.24, 2.45) is 0 Å². The van der Waals surface area contributed by atoms with Gasteiger partial charge in [0.2, 0.25) is 11.8 Å². The van der Waals surface area contributed by atoms with Crippen LogP contribution in [0.2, 0.25) is 0 Å². The molecule has 0 unspecified atom stereocenters. The van der Waals surface area contributed by atoms with Gasteiger partial charge in [-0.1, -0.05) is 12.1 Å². The van der Waals surface area contributed by atoms with Gasteiger partial charge in [0.1, 0.15) is 5.69 Å². The fourth-order valence-electron chi connectivity index (χ4n) is 2.59. The Morgan fingerprint density at radius 1 is 1.22 bits per heavy atom. The highest BCUT2D eigenvalue weighted by atomic mass is 16.4. The number of amides is 1. The quantitative estimate of drug-likeness (QED) is 0.791. The largest absolute Gasteiger partial charge is 0.493 e. The molecule has 23 heavy (non-hydrogen) atoms. The Kier molecular flexibility index (Phi) is 3.61. The van der Waals surface area contributed by atoms with Gasteiger partial charge < -0.3 is 15.3 Å². The SMILES string of the molecule is O=C(O)CCc1ccc2c(c1)C(=O)N(c1ccc(O)nc1O)C2. The van der Waals surface area contributed by atoms with E-state index in [2.05, 4.69) is 4.98 Å². The molecule has 3 rings (SSSR count). The van der Waals surface area contributed by atoms with Gasteiger partial charge in [-0.25, -0.2) is 0 Å². The number of carbonyl (C=O) groups is 2. The Morgan fingerprint density at radius 2 is 2.00 bits per heavy atom. The van der Waals surface area contributed by atoms with Gasteiger partial charge >= 0.3 is 5.97 Å². The number of carbonyl (C=O) groups excluding carboxylic acids is 1. The lowest BCUT2D eigenvalue weighted by Crippen LogP contribution is -2.23. The molecule has 3 N–H and O–H groups in total. The lowest BCUT2D eigenvalue weighted by atomic mass is 10.0. The molecule has 0 atom stereocenters. The van der Waals surface area contributed by atoms with Gasteiger partial charge in [0.15, 0.2) is 0 Å². The van der Waals surface area contributed by atoms with E-state index in [-0.39, 0.29) is 30.4 Å². The molecule has 0 fully saturated rings. The zero-order chi connectivity index (χ0) is 16.6. The van der Waals surface area contributed by atoms with Gasteiger partial charge in [-0.2, -0.15) is 4.98 Å². The fraction of sp³-hybridized carbons (Fsp3) is 0.188. The predicted molar refractivity (Wildman–Crippen MR) is 80.5 cm³/mol. The number of aryl methyl sites for hydroxylation is 1. The third-order valence-corrected chi connectivity index (χ3v) is 3.74. The van der Waals surface area contributed by atoms with E-state index in [0.29, 0.717) is 12.0 Å². The summed E-state index contributed by atoms with van der Waals surface area (Å²) in [5.41, 5.74) is 2.27. The number of benzene rings is 1. The molecule has 0 radical (unpaired) electrons. The molecule has 118 valence electrons. The molecule has 2 heterocycles. The highest BCUT2D eigenvalue weighted by molar-refractivity contribution is 6.10. The minimum absolute atomic E-state index is 0.000633. The second-order valence-corrected chi connectivity index (χ2v) is 5.29. The molecule has 0 saturated heterocycles. The lowest BCUT2D eigenvalue weighted by molar-refractivity contribution is -0.136. The van der Waals surface area contributed by atoms with Crippen LogP contribution in [0.25, 0.3) is 0 Å². The number of carboxylic acid groups (broad SMARTS) is 1. The normalized spacial score (nSPS) is 13.2. The van der Waals surface area contributed by atoms with Crippen molar-refractivity contribution in [2.75, 3.05) is 4.90 Å². The maximum Gasteiger partial charge on any atom is 0.303 e. The maximum absolute atomic E-state index is 12.5. The monoisotopic (exact) mass is 314 g/mol. The van der Waals surface area contributed by atoms with Crippen LogP contribution in [0.4, 0.5) is 5.69 Å². The van der Waals surface area contributed by atoms with E-state index in [1.807, 2.05) is 0 Å². The summed E-state index contributed by atoms with van der Waals surface area (Å²) in [6.45, 7) is 0.285. The Labute approximate surface area is 131 Å². The number of anilines is 1. The van der Waals surface area contributed by atoms with E-state index in [4.69, 9.17) is 5.11 Å². The first-order valence-corrected chi connectivity index (χ1v) is 7.00. The van der Waals surface area contributed by atoms with Crippen LogP contribution in [0.15, 0.2) is 30.3 Å². The molecule has 1 aromatic heterocycles. The highest BCUT2D eigenvalue weighted by Gasteiger charge is 2.30. The van der Waals surface area contributed by atoms with Crippen molar-refractivity contribution in [3.05, 3.63) is 47.0 Å². The van der Waals surface area contributed by atoms with Crippen molar-refractivity contribution in [1.82, 2.24) is 4.98 Å². The molecular formula is C16H14N2O5. The minimum Gasteiger partial charge on any atom is -0.493 e. The molecular weight excluding hydrogens is 300 g/mol. The summed E-state index contributed by atoms with van der Waals surface area (Å²) in [5, 5.41) is 27.8. The van der Waals surface area contributed by atoms with E-state index < -0.39 is 11.8 Å². The Morgan fingerprint density at radius 3 is 2.70 bits per heavy atom. The van der Waals surface area contributed by atoms with Crippen molar-refractivity contribution in [1.29, 1.82) is 0 Å². The molecule has 1 aliphatic heterocycles. The number of hydrogen-bond acceptors (Lipinski definition) is 5. The number of aliphatic carboxylic acids is 1. The van der Waals surface area contributed by atoms with Crippen molar-refractivity contribution in [3.63, 3.8) is 0 Å². The molecule has 0 saturated carbocycles. The summed E-state index contributed by atoms with van der Waals surface area (Å²) in [6.07, 6.45) is 0.348. The second kappa shape index (κ2) is 5.60. The average Bonchev–Trinajstić information content (AvgIpc) is 2.82. The molecule has 0 spiro atoms. The number of nitrogens with zero attached hydrogens (tertiary/aromatic N) is 2. The zero-order valence-corrected chi connectivity index (χ0v) is 12.1. The standard InChI is InChI=1S/C16H14N2O5/c19-13-5-4-12(15(22)17-13)18-8-10-3-1-9(2-6-14(20)21)7-11(10)16(18)23/h1,3-5,7H,2,6,8H2,(H,20,21)(H2,17,19,22). The molecule has 0 aliphatic carbocycles. The average molecular weight is 314 g/mol. The molecule has 2 aromatic rings. The smallest absolute Gasteiger partial charge is 0.303 e. The molecule has 7 heteroatoms. The van der Waals surface area contributed by atoms with Crippen LogP contribution in [0.3, 0.4) is 0 Å². The molecule has 1 aliphatic rings. The number of hydrogen-bond donors (Lipinski definition) is 3. The van der Waals surface area contributed by atoms with Crippen molar-refractivity contribution < 1.29 is 24.9 Å². The van der Waals surface area contributed by atoms with Gasteiger partial charge in [0.25, 0.3) is 5.91 Å². The van der Waals surface area contributed by atoms with Crippen molar-refractivity contribution >= 4 is 17.6 Å². The third kappa shape index (κ3) is 2.80. The second-order valence-electron chi connectivity index (χ2n) is 5.29. The van der Waals surface area contributed by atoms with Crippen LogP contribution in [0, 0.1) is 0 Å². The summed E-state index contributed by atoms with van der Waals surface area (Å²) in [6, 6.07) is 7.99. The van der Waals surface area contributed by atoms with Crippen molar-refractivity contribution in [3.8, 4) is 11.8 Å². The van der Waals surface area contributed by atoms with E-state index >= 15 is 0 Å². The Hall–Kier alpha value is -3.09. The van der Waals surface area contributed by atoms with Gasteiger partial charge in [0.05, 0.1) is 6.54 Å². The number of fused-ring (bicyclic) bond motifs is 1. The van der Waals surface area contributed by atoms with Gasteiger partial charge in [-0.05, 0) is 29.7 Å². The van der Waals surface area contributed by atoms with Gasteiger partial charge in [0, 0.05) is 18.1 Å². The van der Waals surface area contributed by atoms with Crippen LogP contribution in [-0.2, 0) is 17.8 Å². The Balaban J connectivity index is 1.88. The number of aromatic hydroxyl groups is 2. The van der Waals surface area contributed by atoms with Crippen LogP contribution in [0.5, 0.6) is 11.8 Å². The van der Waals surface area contributed by atoms with Crippen LogP contribution in [-0.4, -0.2) is 32.2 Å². The van der Waals surface area contributed by atoms with Crippen molar-refractivity contribution in [2.45, 2.75) is 19.4 Å². The van der Waals surface area contributed by atoms with E-state index in [9.17, 15) is 19.8 Å². The molecule has 0 bridgehead atoms. The molecule has 1 aromatic carbocycles. The number of carboxylic acids is 1. The summed E-state index contributed by atoms with van der Waals surface area (Å²) in [7, 11) is 0.